The smallest absolute Gasteiger partial charge is 0.0909 e. The average Bonchev–Trinajstić information content (AvgIpc) is 2.73. The molecule has 2 N–H and O–H groups in total. The second-order valence-electron chi connectivity index (χ2n) is 6.23. The molecule has 112 valence electrons. The van der Waals surface area contributed by atoms with Gasteiger partial charge in [-0.05, 0) is 25.0 Å². The summed E-state index contributed by atoms with van der Waals surface area (Å²) in [5.74, 6) is 0. The molecule has 1 aromatic heterocycles. The molecule has 0 aliphatic heterocycles. The van der Waals surface area contributed by atoms with Crippen LogP contribution in [-0.2, 0) is 6.42 Å². The van der Waals surface area contributed by atoms with Gasteiger partial charge in [0.25, 0.3) is 0 Å². The molecule has 1 saturated carbocycles. The summed E-state index contributed by atoms with van der Waals surface area (Å²) in [5.41, 5.74) is 0.845. The lowest BCUT2D eigenvalue weighted by Gasteiger charge is -2.32. The number of aromatic nitrogens is 1. The first-order chi connectivity index (χ1) is 10.2. The van der Waals surface area contributed by atoms with E-state index in [-0.39, 0.29) is 0 Å². The van der Waals surface area contributed by atoms with E-state index in [1.54, 1.807) is 0 Å². The molecule has 21 heavy (non-hydrogen) atoms. The Kier molecular flexibility index (Phi) is 4.22. The maximum atomic E-state index is 10.7. The van der Waals surface area contributed by atoms with Crippen LogP contribution in [0.5, 0.6) is 0 Å². The Morgan fingerprint density at radius 3 is 2.48 bits per heavy atom. The van der Waals surface area contributed by atoms with Crippen molar-refractivity contribution >= 4 is 10.9 Å². The zero-order chi connectivity index (χ0) is 14.7. The van der Waals surface area contributed by atoms with Gasteiger partial charge in [-0.3, -0.25) is 4.98 Å². The second-order valence-corrected chi connectivity index (χ2v) is 6.23. The summed E-state index contributed by atoms with van der Waals surface area (Å²) >= 11 is 0. The molecule has 1 aromatic carbocycles. The summed E-state index contributed by atoms with van der Waals surface area (Å²) in [6, 6.07) is 11.9. The summed E-state index contributed by atoms with van der Waals surface area (Å²) in [5, 5.41) is 22.3. The van der Waals surface area contributed by atoms with Crippen molar-refractivity contribution in [3.8, 4) is 0 Å². The summed E-state index contributed by atoms with van der Waals surface area (Å²) in [6.07, 6.45) is 5.39. The molecule has 1 atom stereocenters. The molecule has 3 nitrogen and oxygen atoms in total. The molecular weight excluding hydrogens is 262 g/mol. The van der Waals surface area contributed by atoms with Gasteiger partial charge < -0.3 is 10.2 Å². The number of pyridine rings is 1. The van der Waals surface area contributed by atoms with Gasteiger partial charge in [0.05, 0.1) is 17.2 Å². The number of benzene rings is 1. The van der Waals surface area contributed by atoms with Gasteiger partial charge in [-0.25, -0.2) is 0 Å². The monoisotopic (exact) mass is 285 g/mol. The Balaban J connectivity index is 1.77. The van der Waals surface area contributed by atoms with Crippen LogP contribution in [0, 0.1) is 0 Å². The Morgan fingerprint density at radius 2 is 1.71 bits per heavy atom. The van der Waals surface area contributed by atoms with Gasteiger partial charge in [0.15, 0.2) is 0 Å². The van der Waals surface area contributed by atoms with Crippen molar-refractivity contribution in [3.05, 3.63) is 42.1 Å². The Hall–Kier alpha value is -1.45. The lowest BCUT2D eigenvalue weighted by atomic mass is 9.86. The van der Waals surface area contributed by atoms with Crippen LogP contribution in [0.3, 0.4) is 0 Å². The van der Waals surface area contributed by atoms with E-state index in [4.69, 9.17) is 0 Å². The number of aliphatic hydroxyl groups is 2. The molecule has 0 radical (unpaired) electrons. The first kappa shape index (κ1) is 14.5. The fourth-order valence-corrected chi connectivity index (χ4v) is 3.28. The van der Waals surface area contributed by atoms with Gasteiger partial charge in [0.2, 0.25) is 0 Å². The zero-order valence-corrected chi connectivity index (χ0v) is 12.3. The van der Waals surface area contributed by atoms with Crippen LogP contribution in [0.2, 0.25) is 0 Å². The quantitative estimate of drug-likeness (QED) is 0.851. The number of para-hydroxylation sites is 1. The minimum Gasteiger partial charge on any atom is -0.390 e. The Bertz CT molecular complexity index is 603. The summed E-state index contributed by atoms with van der Waals surface area (Å²) < 4.78 is 0. The molecule has 2 aromatic rings. The van der Waals surface area contributed by atoms with Crippen LogP contribution in [0.15, 0.2) is 36.4 Å². The number of fused-ring (bicyclic) bond motifs is 1. The second kappa shape index (κ2) is 6.12. The highest BCUT2D eigenvalue weighted by atomic mass is 16.3. The van der Waals surface area contributed by atoms with Gasteiger partial charge in [0, 0.05) is 17.5 Å². The predicted octanol–water partition coefficient (Wildman–Crippen LogP) is 3.22. The molecule has 1 unspecified atom stereocenters. The van der Waals surface area contributed by atoms with Crippen LogP contribution in [0.4, 0.5) is 0 Å². The van der Waals surface area contributed by atoms with Gasteiger partial charge in [0.1, 0.15) is 0 Å². The molecule has 0 spiro atoms. The molecule has 1 heterocycles. The predicted molar refractivity (Wildman–Crippen MR) is 84.1 cm³/mol. The maximum Gasteiger partial charge on any atom is 0.0909 e. The first-order valence-electron chi connectivity index (χ1n) is 7.92. The number of rotatable bonds is 3. The van der Waals surface area contributed by atoms with Crippen LogP contribution in [0.1, 0.15) is 44.2 Å². The number of hydrogen-bond acceptors (Lipinski definition) is 3. The molecule has 0 saturated heterocycles. The van der Waals surface area contributed by atoms with E-state index in [1.165, 1.54) is 0 Å². The fourth-order valence-electron chi connectivity index (χ4n) is 3.28. The van der Waals surface area contributed by atoms with E-state index >= 15 is 0 Å². The van der Waals surface area contributed by atoms with Crippen molar-refractivity contribution in [1.82, 2.24) is 4.98 Å². The first-order valence-corrected chi connectivity index (χ1v) is 7.92. The molecule has 1 aliphatic rings. The number of hydrogen-bond donors (Lipinski definition) is 2. The van der Waals surface area contributed by atoms with Crippen LogP contribution < -0.4 is 0 Å². The third-order valence-electron chi connectivity index (χ3n) is 4.65. The molecule has 3 rings (SSSR count). The lowest BCUT2D eigenvalue weighted by Crippen LogP contribution is -2.43. The standard InChI is InChI=1S/C18H23NO2/c20-17(18(21)11-5-1-2-6-12-18)13-15-10-9-14-7-3-4-8-16(14)19-15/h3-4,7-10,17,20-21H,1-2,5-6,11-13H2. The number of nitrogens with zero attached hydrogens (tertiary/aromatic N) is 1. The largest absolute Gasteiger partial charge is 0.390 e. The topological polar surface area (TPSA) is 53.4 Å². The van der Waals surface area contributed by atoms with Crippen molar-refractivity contribution in [2.24, 2.45) is 0 Å². The van der Waals surface area contributed by atoms with Crippen molar-refractivity contribution in [2.75, 3.05) is 0 Å². The molecule has 3 heteroatoms. The zero-order valence-electron chi connectivity index (χ0n) is 12.3. The molecule has 0 amide bonds. The summed E-state index contributed by atoms with van der Waals surface area (Å²) in [7, 11) is 0. The fraction of sp³-hybridized carbons (Fsp3) is 0.500. The number of aliphatic hydroxyl groups excluding tert-OH is 1. The van der Waals surface area contributed by atoms with Crippen molar-refractivity contribution in [3.63, 3.8) is 0 Å². The highest BCUT2D eigenvalue weighted by Crippen LogP contribution is 2.31. The van der Waals surface area contributed by atoms with Gasteiger partial charge in [-0.1, -0.05) is 49.9 Å². The van der Waals surface area contributed by atoms with Crippen LogP contribution in [0.25, 0.3) is 10.9 Å². The van der Waals surface area contributed by atoms with E-state index in [0.717, 1.165) is 42.3 Å². The van der Waals surface area contributed by atoms with Crippen LogP contribution >= 0.6 is 0 Å². The summed E-state index contributed by atoms with van der Waals surface area (Å²) in [4.78, 5) is 4.59. The van der Waals surface area contributed by atoms with Gasteiger partial charge >= 0.3 is 0 Å². The van der Waals surface area contributed by atoms with Gasteiger partial charge in [-0.2, -0.15) is 0 Å². The normalized spacial score (nSPS) is 20.1. The van der Waals surface area contributed by atoms with E-state index < -0.39 is 11.7 Å². The van der Waals surface area contributed by atoms with Gasteiger partial charge in [-0.15, -0.1) is 0 Å². The molecular formula is C18H23NO2. The summed E-state index contributed by atoms with van der Waals surface area (Å²) in [6.45, 7) is 0. The van der Waals surface area contributed by atoms with Crippen molar-refractivity contribution < 1.29 is 10.2 Å². The van der Waals surface area contributed by atoms with E-state index in [9.17, 15) is 10.2 Å². The highest BCUT2D eigenvalue weighted by Gasteiger charge is 2.35. The van der Waals surface area contributed by atoms with Crippen molar-refractivity contribution in [2.45, 2.75) is 56.7 Å². The average molecular weight is 285 g/mol. The molecule has 1 aliphatic carbocycles. The minimum absolute atomic E-state index is 0.418. The van der Waals surface area contributed by atoms with Crippen LogP contribution in [-0.4, -0.2) is 26.9 Å². The highest BCUT2D eigenvalue weighted by molar-refractivity contribution is 5.78. The maximum absolute atomic E-state index is 10.7. The Labute approximate surface area is 125 Å². The van der Waals surface area contributed by atoms with E-state index in [1.807, 2.05) is 36.4 Å². The molecule has 0 bridgehead atoms. The third kappa shape index (κ3) is 3.25. The molecule has 1 fully saturated rings. The lowest BCUT2D eigenvalue weighted by molar-refractivity contribution is -0.0839. The van der Waals surface area contributed by atoms with E-state index in [0.29, 0.717) is 19.3 Å². The SMILES string of the molecule is OC(Cc1ccc2ccccc2n1)C1(O)CCCCCC1. The minimum atomic E-state index is -0.941. The third-order valence-corrected chi connectivity index (χ3v) is 4.65. The van der Waals surface area contributed by atoms with Crippen molar-refractivity contribution in [1.29, 1.82) is 0 Å². The Morgan fingerprint density at radius 1 is 1.00 bits per heavy atom. The van der Waals surface area contributed by atoms with E-state index in [2.05, 4.69) is 4.98 Å².